The molecule has 0 bridgehead atoms. The zero-order valence-corrected chi connectivity index (χ0v) is 43.0. The maximum Gasteiger partial charge on any atom is 0.407 e. The molecule has 0 radical (unpaired) electrons. The van der Waals surface area contributed by atoms with Gasteiger partial charge in [0, 0.05) is 18.2 Å². The fraction of sp³-hybridized carbons (Fsp3) is 0.500. The molecule has 26 heteroatoms. The Morgan fingerprint density at radius 2 is 1.12 bits per heavy atom. The Morgan fingerprint density at radius 1 is 0.588 bits per heavy atom. The zero-order valence-electron chi connectivity index (χ0n) is 43.0. The number of amides is 3. The van der Waals surface area contributed by atoms with Crippen molar-refractivity contribution in [3.63, 3.8) is 0 Å². The van der Waals surface area contributed by atoms with Crippen LogP contribution in [0, 0.1) is 4.91 Å². The number of carbonyl (C=O) groups excluding carboxylic acids is 3. The van der Waals surface area contributed by atoms with E-state index < -0.39 is 147 Å². The number of nitrogens with zero attached hydrogens (tertiary/aromatic N) is 1. The number of aliphatic hydroxyl groups excluding tert-OH is 5. The molecule has 1 unspecified atom stereocenters. The third-order valence-corrected chi connectivity index (χ3v) is 14.3. The van der Waals surface area contributed by atoms with Gasteiger partial charge in [-0.2, -0.15) is 4.91 Å². The summed E-state index contributed by atoms with van der Waals surface area (Å²) in [6, 6.07) is 28.5. The second-order valence-electron chi connectivity index (χ2n) is 19.8. The molecule has 0 aromatic heterocycles. The van der Waals surface area contributed by atoms with E-state index in [1.165, 1.54) is 0 Å². The van der Waals surface area contributed by atoms with Crippen LogP contribution in [0.1, 0.15) is 35.0 Å². The first-order chi connectivity index (χ1) is 38.8. The Balaban J connectivity index is 0.957. The third-order valence-electron chi connectivity index (χ3n) is 14.3. The van der Waals surface area contributed by atoms with Gasteiger partial charge in [-0.25, -0.2) is 14.4 Å². The van der Waals surface area contributed by atoms with Gasteiger partial charge in [0.1, 0.15) is 92.9 Å². The molecule has 26 nitrogen and oxygen atoms in total. The number of ether oxygens (including phenoxy) is 11. The van der Waals surface area contributed by atoms with Gasteiger partial charge < -0.3 is 105 Å². The molecular formula is C54H66N6O20. The largest absolute Gasteiger partial charge is 0.445 e. The summed E-state index contributed by atoms with van der Waals surface area (Å²) in [5, 5.41) is 67.8. The van der Waals surface area contributed by atoms with E-state index in [-0.39, 0.29) is 39.4 Å². The van der Waals surface area contributed by atoms with Crippen LogP contribution in [-0.4, -0.2) is 180 Å². The van der Waals surface area contributed by atoms with E-state index in [0.717, 1.165) is 0 Å². The summed E-state index contributed by atoms with van der Waals surface area (Å²) in [5.74, 6) is 0. The second-order valence-corrected chi connectivity index (χ2v) is 19.8. The fourth-order valence-corrected chi connectivity index (χ4v) is 10.1. The molecule has 4 saturated heterocycles. The Kier molecular flexibility index (Phi) is 20.0. The van der Waals surface area contributed by atoms with Crippen molar-refractivity contribution in [2.45, 2.75) is 149 Å². The summed E-state index contributed by atoms with van der Waals surface area (Å²) in [6.07, 6.45) is -25.7. The number of alkyl carbamates (subject to hydrolysis) is 3. The molecule has 4 heterocycles. The molecule has 4 aromatic carbocycles. The van der Waals surface area contributed by atoms with Gasteiger partial charge in [0.2, 0.25) is 0 Å². The van der Waals surface area contributed by atoms with Crippen molar-refractivity contribution >= 4 is 18.3 Å². The second kappa shape index (κ2) is 27.4. The highest BCUT2D eigenvalue weighted by molar-refractivity contribution is 5.68. The molecule has 5 fully saturated rings. The standard InChI is InChI=1S/C54H66N6O20/c55-32-21-33(58-53(67)72-25-29-15-7-2-8-16-29)44(77-50-39(59-54(68)73-26-30-17-9-3-10-18-30)38(60-69)45-36(76-50)27-70-48(78-45)31-19-11-4-12-20-31)47(40(32)62)80-51-43(65)46(35(23-61)75-51)79-49-37(56)42(64)41(63)34(74-49)22-57-52(66)71-24-28-13-5-1-6-14-28/h1-20,32-51,61-65H,21-27,55-56H2,(H,57,66)(H,58,67)(H,59,68)/t32-,33+,34+,35-,36-,37-,38-,39-,40+,41-,42-,43-,44-,45-,46-,47-,48?,49-,50-,51+/m1/s1. The van der Waals surface area contributed by atoms with E-state index in [9.17, 15) is 44.8 Å². The molecule has 5 aliphatic rings. The zero-order chi connectivity index (χ0) is 56.3. The normalized spacial score (nSPS) is 34.9. The first kappa shape index (κ1) is 58.3. The number of fused-ring (bicyclic) bond motifs is 1. The number of hydrogen-bond donors (Lipinski definition) is 10. The van der Waals surface area contributed by atoms with Crippen molar-refractivity contribution < 1.29 is 92.0 Å². The van der Waals surface area contributed by atoms with E-state index in [2.05, 4.69) is 21.1 Å². The minimum atomic E-state index is -1.86. The van der Waals surface area contributed by atoms with E-state index >= 15 is 0 Å². The summed E-state index contributed by atoms with van der Waals surface area (Å²) in [6.45, 7) is -1.75. The minimum Gasteiger partial charge on any atom is -0.445 e. The van der Waals surface area contributed by atoms with Gasteiger partial charge in [0.05, 0.1) is 31.4 Å². The summed E-state index contributed by atoms with van der Waals surface area (Å²) >= 11 is 0. The highest BCUT2D eigenvalue weighted by Crippen LogP contribution is 2.39. The summed E-state index contributed by atoms with van der Waals surface area (Å²) in [4.78, 5) is 53.2. The van der Waals surface area contributed by atoms with Gasteiger partial charge in [-0.1, -0.05) is 127 Å². The number of carbonyl (C=O) groups is 3. The fourth-order valence-electron chi connectivity index (χ4n) is 10.1. The van der Waals surface area contributed by atoms with Crippen LogP contribution in [-0.2, 0) is 71.9 Å². The van der Waals surface area contributed by atoms with Crippen LogP contribution in [0.3, 0.4) is 0 Å². The van der Waals surface area contributed by atoms with Crippen molar-refractivity contribution in [2.24, 2.45) is 16.6 Å². The summed E-state index contributed by atoms with van der Waals surface area (Å²) < 4.78 is 66.4. The minimum absolute atomic E-state index is 0.0572. The molecule has 12 N–H and O–H groups in total. The highest BCUT2D eigenvalue weighted by atomic mass is 16.8. The Bertz CT molecular complexity index is 2610. The molecule has 432 valence electrons. The highest BCUT2D eigenvalue weighted by Gasteiger charge is 2.57. The lowest BCUT2D eigenvalue weighted by atomic mass is 9.83. The average molecular weight is 1120 g/mol. The van der Waals surface area contributed by atoms with Crippen LogP contribution < -0.4 is 27.4 Å². The number of rotatable bonds is 19. The maximum atomic E-state index is 13.7. The van der Waals surface area contributed by atoms with E-state index in [1.807, 2.05) is 0 Å². The first-order valence-electron chi connectivity index (χ1n) is 26.1. The van der Waals surface area contributed by atoms with Crippen molar-refractivity contribution in [2.75, 3.05) is 19.8 Å². The molecule has 9 rings (SSSR count). The quantitative estimate of drug-likeness (QED) is 0.0453. The molecule has 20 atom stereocenters. The van der Waals surface area contributed by atoms with Crippen molar-refractivity contribution in [1.29, 1.82) is 0 Å². The van der Waals surface area contributed by atoms with Crippen LogP contribution >= 0.6 is 0 Å². The SMILES string of the molecule is N[C@H]1[C@@H](O[C@H]2[C@@H](O)[C@H](O[C@@H]3[C@@H](O)[C@H](N)C[C@H](NC(=O)OCc4ccccc4)[C@H]3O[C@H]3O[C@@H]4COC(c5ccccc5)O[C@H]4[C@H](N=O)[C@H]3NC(=O)OCc3ccccc3)O[C@@H]2CO)O[C@@H](CNC(=O)OCc2ccccc2)[C@@H](O)[C@@H]1O. The van der Waals surface area contributed by atoms with Crippen molar-refractivity contribution in [3.8, 4) is 0 Å². The Hall–Kier alpha value is -6.31. The predicted molar refractivity (Wildman–Crippen MR) is 274 cm³/mol. The van der Waals surface area contributed by atoms with E-state index in [4.69, 9.17) is 63.6 Å². The smallest absolute Gasteiger partial charge is 0.407 e. The van der Waals surface area contributed by atoms with Gasteiger partial charge >= 0.3 is 18.3 Å². The van der Waals surface area contributed by atoms with Gasteiger partial charge in [-0.05, 0) is 23.1 Å². The third kappa shape index (κ3) is 14.2. The molecule has 4 aromatic rings. The number of nitrogens with one attached hydrogen (secondary N) is 3. The Morgan fingerprint density at radius 3 is 1.71 bits per heavy atom. The predicted octanol–water partition coefficient (Wildman–Crippen LogP) is 0.577. The molecule has 0 spiro atoms. The number of aliphatic hydroxyl groups is 5. The monoisotopic (exact) mass is 1120 g/mol. The van der Waals surface area contributed by atoms with E-state index in [1.54, 1.807) is 121 Å². The molecule has 3 amide bonds. The van der Waals surface area contributed by atoms with Crippen LogP contribution in [0.4, 0.5) is 14.4 Å². The topological polar surface area (TPSA) is 371 Å². The molecule has 4 aliphatic heterocycles. The lowest BCUT2D eigenvalue weighted by Crippen LogP contribution is -2.70. The van der Waals surface area contributed by atoms with Gasteiger partial charge in [0.25, 0.3) is 0 Å². The van der Waals surface area contributed by atoms with Crippen molar-refractivity contribution in [3.05, 3.63) is 148 Å². The molecular weight excluding hydrogens is 1050 g/mol. The number of nitrogens with two attached hydrogens (primary N) is 2. The van der Waals surface area contributed by atoms with Gasteiger partial charge in [-0.3, -0.25) is 0 Å². The number of hydrogen-bond acceptors (Lipinski definition) is 23. The van der Waals surface area contributed by atoms with Crippen molar-refractivity contribution in [1.82, 2.24) is 16.0 Å². The van der Waals surface area contributed by atoms with Gasteiger partial charge in [-0.15, -0.1) is 0 Å². The number of nitroso groups, excluding NO2 is 1. The molecule has 80 heavy (non-hydrogen) atoms. The number of benzene rings is 4. The van der Waals surface area contributed by atoms with Crippen LogP contribution in [0.25, 0.3) is 0 Å². The average Bonchev–Trinajstić information content (AvgIpc) is 3.82. The lowest BCUT2D eigenvalue weighted by molar-refractivity contribution is -0.343. The van der Waals surface area contributed by atoms with E-state index in [0.29, 0.717) is 22.3 Å². The summed E-state index contributed by atoms with van der Waals surface area (Å²) in [7, 11) is 0. The van der Waals surface area contributed by atoms with Crippen LogP contribution in [0.2, 0.25) is 0 Å². The van der Waals surface area contributed by atoms with Crippen LogP contribution in [0.5, 0.6) is 0 Å². The summed E-state index contributed by atoms with van der Waals surface area (Å²) in [5.41, 5.74) is 15.5. The molecule has 1 aliphatic carbocycles. The maximum absolute atomic E-state index is 13.7. The van der Waals surface area contributed by atoms with Gasteiger partial charge in [0.15, 0.2) is 25.2 Å². The Labute approximate surface area is 458 Å². The lowest BCUT2D eigenvalue weighted by Gasteiger charge is -2.50. The van der Waals surface area contributed by atoms with Crippen LogP contribution in [0.15, 0.2) is 127 Å². The first-order valence-corrected chi connectivity index (χ1v) is 26.1. The molecule has 1 saturated carbocycles.